The van der Waals surface area contributed by atoms with Crippen LogP contribution in [0.3, 0.4) is 0 Å². The van der Waals surface area contributed by atoms with Crippen LogP contribution in [0, 0.1) is 0 Å². The number of carbonyl (C=O) groups is 3. The van der Waals surface area contributed by atoms with Crippen molar-refractivity contribution in [3.8, 4) is 0 Å². The first-order chi connectivity index (χ1) is 32.1. The van der Waals surface area contributed by atoms with E-state index in [1.165, 1.54) is 70.6 Å². The van der Waals surface area contributed by atoms with Gasteiger partial charge in [-0.2, -0.15) is 0 Å². The van der Waals surface area contributed by atoms with Crippen molar-refractivity contribution in [2.24, 2.45) is 0 Å². The molecule has 0 aromatic heterocycles. The number of likely N-dealkylation sites (N-methyl/N-ethyl adjacent to an activating group) is 1. The number of quaternary nitrogens is 1. The summed E-state index contributed by atoms with van der Waals surface area (Å²) in [5.41, 5.74) is 0. The molecule has 0 aliphatic rings. The van der Waals surface area contributed by atoms with Crippen molar-refractivity contribution in [1.82, 2.24) is 0 Å². The van der Waals surface area contributed by atoms with Gasteiger partial charge in [0.05, 0.1) is 40.3 Å². The highest BCUT2D eigenvalue weighted by atomic mass is 16.6. The normalized spacial score (nSPS) is 13.8. The van der Waals surface area contributed by atoms with E-state index in [1.807, 2.05) is 0 Å². The van der Waals surface area contributed by atoms with Crippen molar-refractivity contribution in [2.75, 3.05) is 41.0 Å². The maximum Gasteiger partial charge on any atom is 0.306 e. The van der Waals surface area contributed by atoms with Crippen molar-refractivity contribution in [1.29, 1.82) is 0 Å². The number of nitrogens with zero attached hydrogens (tertiary/aromatic N) is 1. The first-order valence-corrected chi connectivity index (χ1v) is 25.9. The van der Waals surface area contributed by atoms with Crippen LogP contribution in [0.1, 0.15) is 187 Å². The third-order valence-electron chi connectivity index (χ3n) is 10.9. The van der Waals surface area contributed by atoms with E-state index in [1.54, 1.807) is 21.1 Å². The molecule has 0 bridgehead atoms. The molecule has 0 radical (unpaired) electrons. The van der Waals surface area contributed by atoms with E-state index in [4.69, 9.17) is 14.2 Å². The van der Waals surface area contributed by atoms with Crippen molar-refractivity contribution in [3.05, 3.63) is 109 Å². The Labute approximate surface area is 404 Å². The molecule has 0 heterocycles. The minimum atomic E-state index is -1.14. The van der Waals surface area contributed by atoms with Gasteiger partial charge >= 0.3 is 11.9 Å². The van der Waals surface area contributed by atoms with Gasteiger partial charge in [0.1, 0.15) is 12.6 Å². The van der Waals surface area contributed by atoms with E-state index in [2.05, 4.69) is 123 Å². The molecule has 0 aromatic carbocycles. The quantitative estimate of drug-likeness (QED) is 0.0197. The molecule has 0 amide bonds. The van der Waals surface area contributed by atoms with Gasteiger partial charge in [0, 0.05) is 19.3 Å². The minimum absolute atomic E-state index is 0.00961. The number of hydrogen-bond acceptors (Lipinski definition) is 7. The van der Waals surface area contributed by atoms with Gasteiger partial charge in [0.15, 0.2) is 6.10 Å². The van der Waals surface area contributed by atoms with Gasteiger partial charge in [-0.3, -0.25) is 9.59 Å². The van der Waals surface area contributed by atoms with Crippen LogP contribution in [-0.2, 0) is 28.6 Å². The summed E-state index contributed by atoms with van der Waals surface area (Å²) in [6.45, 7) is 4.45. The molecule has 0 aromatic rings. The van der Waals surface area contributed by atoms with Gasteiger partial charge in [-0.25, -0.2) is 0 Å². The fraction of sp³-hybridized carbons (Fsp3) is 0.638. The van der Waals surface area contributed by atoms with Crippen LogP contribution >= 0.6 is 0 Å². The molecular weight excluding hydrogens is 823 g/mol. The molecule has 8 heteroatoms. The Hall–Kier alpha value is -4.01. The molecule has 66 heavy (non-hydrogen) atoms. The first kappa shape index (κ1) is 62.0. The van der Waals surface area contributed by atoms with Crippen molar-refractivity contribution >= 4 is 17.9 Å². The molecule has 2 atom stereocenters. The molecule has 0 saturated heterocycles. The predicted molar refractivity (Wildman–Crippen MR) is 277 cm³/mol. The molecule has 0 N–H and O–H groups in total. The third-order valence-corrected chi connectivity index (χ3v) is 10.9. The summed E-state index contributed by atoms with van der Waals surface area (Å²) in [5.74, 6) is -1.83. The number of rotatable bonds is 45. The van der Waals surface area contributed by atoms with E-state index in [9.17, 15) is 19.5 Å². The maximum absolute atomic E-state index is 12.8. The second kappa shape index (κ2) is 47.5. The number of carboxylic acids is 1. The van der Waals surface area contributed by atoms with Gasteiger partial charge in [0.25, 0.3) is 0 Å². The van der Waals surface area contributed by atoms with Crippen LogP contribution in [0.15, 0.2) is 109 Å². The highest BCUT2D eigenvalue weighted by Gasteiger charge is 2.25. The van der Waals surface area contributed by atoms with E-state index in [-0.39, 0.29) is 49.1 Å². The molecule has 374 valence electrons. The molecule has 0 saturated carbocycles. The number of carbonyl (C=O) groups excluding carboxylic acids is 3. The first-order valence-electron chi connectivity index (χ1n) is 25.9. The largest absolute Gasteiger partial charge is 0.544 e. The molecular formula is C58H95NO7. The van der Waals surface area contributed by atoms with Gasteiger partial charge < -0.3 is 28.6 Å². The zero-order valence-corrected chi connectivity index (χ0v) is 42.6. The Morgan fingerprint density at radius 2 is 0.909 bits per heavy atom. The summed E-state index contributed by atoms with van der Waals surface area (Å²) in [6.07, 6.45) is 65.5. The number of hydrogen-bond donors (Lipinski definition) is 0. The Morgan fingerprint density at radius 1 is 0.485 bits per heavy atom. The molecule has 8 nitrogen and oxygen atoms in total. The van der Waals surface area contributed by atoms with Gasteiger partial charge in [-0.05, 0) is 89.9 Å². The maximum atomic E-state index is 12.8. The van der Waals surface area contributed by atoms with Crippen LogP contribution in [-0.4, -0.2) is 75.5 Å². The van der Waals surface area contributed by atoms with Crippen LogP contribution in [0.2, 0.25) is 0 Å². The van der Waals surface area contributed by atoms with E-state index >= 15 is 0 Å². The molecule has 2 unspecified atom stereocenters. The van der Waals surface area contributed by atoms with Crippen molar-refractivity contribution < 1.29 is 38.2 Å². The molecule has 0 fully saturated rings. The standard InChI is InChI=1S/C58H95NO7/c1-6-8-10-12-14-16-18-20-22-24-26-27-28-29-31-33-35-37-39-41-43-45-47-49-57(61)66-54(52-64-51-50-55(58(62)63)59(3,4)5)53-65-56(60)48-46-44-42-40-38-36-34-32-30-25-23-21-19-17-15-13-11-9-7-2/h8,10,14-17,19-22,26-27,29,31,35,37,41,43,54-55H,6-7,9,11-13,18,23-25,28,30,32-34,36,38-40,42,44-53H2,1-5H3/b10-8+,16-14+,17-15+,21-19+,22-20+,27-26+,31-29+,37-35+,43-41+. The smallest absolute Gasteiger partial charge is 0.306 e. The van der Waals surface area contributed by atoms with E-state index < -0.39 is 18.1 Å². The number of carboxylic acid groups (broad SMARTS) is 1. The number of allylic oxidation sites excluding steroid dienone is 18. The average Bonchev–Trinajstić information content (AvgIpc) is 3.28. The van der Waals surface area contributed by atoms with Crippen LogP contribution in [0.5, 0.6) is 0 Å². The molecule has 0 spiro atoms. The summed E-state index contributed by atoms with van der Waals surface area (Å²) < 4.78 is 17.2. The molecule has 0 aliphatic carbocycles. The van der Waals surface area contributed by atoms with Crippen molar-refractivity contribution in [3.63, 3.8) is 0 Å². The average molecular weight is 918 g/mol. The Kier molecular flexibility index (Phi) is 44.6. The topological polar surface area (TPSA) is 102 Å². The van der Waals surface area contributed by atoms with E-state index in [0.29, 0.717) is 12.8 Å². The fourth-order valence-corrected chi connectivity index (χ4v) is 6.93. The lowest BCUT2D eigenvalue weighted by Crippen LogP contribution is -2.55. The number of esters is 2. The lowest BCUT2D eigenvalue weighted by Gasteiger charge is -2.34. The van der Waals surface area contributed by atoms with Crippen LogP contribution in [0.25, 0.3) is 0 Å². The second-order valence-electron chi connectivity index (χ2n) is 18.1. The molecule has 0 aliphatic heterocycles. The van der Waals surface area contributed by atoms with Gasteiger partial charge in [-0.15, -0.1) is 0 Å². The van der Waals surface area contributed by atoms with Gasteiger partial charge in [-0.1, -0.05) is 187 Å². The third kappa shape index (κ3) is 45.2. The number of ether oxygens (including phenoxy) is 3. The SMILES string of the molecule is CC/C=C/C/C=C/C/C=C/C/C=C/C/C=C/C/C=C/C/C=C/CCCC(=O)OC(COCCC(C(=O)[O-])[N+](C)(C)C)COC(=O)CCCCCCCCCCCC/C=C/C=C/CCCCC. The van der Waals surface area contributed by atoms with Crippen molar-refractivity contribution in [2.45, 2.75) is 199 Å². The van der Waals surface area contributed by atoms with E-state index in [0.717, 1.165) is 77.0 Å². The monoisotopic (exact) mass is 918 g/mol. The Bertz CT molecular complexity index is 1440. The zero-order chi connectivity index (χ0) is 48.4. The summed E-state index contributed by atoms with van der Waals surface area (Å²) in [6, 6.07) is -0.744. The minimum Gasteiger partial charge on any atom is -0.544 e. The highest BCUT2D eigenvalue weighted by Crippen LogP contribution is 2.14. The summed E-state index contributed by atoms with van der Waals surface area (Å²) in [7, 11) is 5.38. The molecule has 0 rings (SSSR count). The summed E-state index contributed by atoms with van der Waals surface area (Å²) >= 11 is 0. The summed E-state index contributed by atoms with van der Waals surface area (Å²) in [5, 5.41) is 11.7. The zero-order valence-electron chi connectivity index (χ0n) is 42.6. The lowest BCUT2D eigenvalue weighted by molar-refractivity contribution is -0.889. The van der Waals surface area contributed by atoms with Gasteiger partial charge in [0.2, 0.25) is 0 Å². The lowest BCUT2D eigenvalue weighted by atomic mass is 10.1. The summed E-state index contributed by atoms with van der Waals surface area (Å²) in [4.78, 5) is 37.0. The Balaban J connectivity index is 4.39. The predicted octanol–water partition coefficient (Wildman–Crippen LogP) is 13.9. The highest BCUT2D eigenvalue weighted by molar-refractivity contribution is 5.70. The second-order valence-corrected chi connectivity index (χ2v) is 18.1. The van der Waals surface area contributed by atoms with Crippen LogP contribution < -0.4 is 5.11 Å². The Morgan fingerprint density at radius 3 is 1.38 bits per heavy atom. The fourth-order valence-electron chi connectivity index (χ4n) is 6.93. The van der Waals surface area contributed by atoms with Crippen LogP contribution in [0.4, 0.5) is 0 Å². The number of aliphatic carboxylic acids is 1. The number of unbranched alkanes of at least 4 members (excludes halogenated alkanes) is 14.